The van der Waals surface area contributed by atoms with E-state index in [1.54, 1.807) is 6.08 Å². The van der Waals surface area contributed by atoms with E-state index in [0.29, 0.717) is 12.7 Å². The topological polar surface area (TPSA) is 21.8 Å². The van der Waals surface area contributed by atoms with Crippen LogP contribution in [0, 0.1) is 0 Å². The molecule has 0 bridgehead atoms. The summed E-state index contributed by atoms with van der Waals surface area (Å²) in [5.74, 6) is 0.906. The summed E-state index contributed by atoms with van der Waals surface area (Å²) in [5.41, 5.74) is 0. The van der Waals surface area contributed by atoms with E-state index >= 15 is 0 Å². The summed E-state index contributed by atoms with van der Waals surface area (Å²) in [6.45, 7) is 15.0. The van der Waals surface area contributed by atoms with Crippen LogP contribution >= 0.6 is 0 Å². The van der Waals surface area contributed by atoms with Crippen LogP contribution in [0.1, 0.15) is 34.6 Å². The monoisotopic (exact) mass is 226 g/mol. The van der Waals surface area contributed by atoms with E-state index < -0.39 is 0 Å². The Morgan fingerprint density at radius 1 is 1.31 bits per heavy atom. The van der Waals surface area contributed by atoms with Crippen LogP contribution in [0.5, 0.6) is 0 Å². The van der Waals surface area contributed by atoms with Gasteiger partial charge in [0.25, 0.3) is 0 Å². The fourth-order valence-electron chi connectivity index (χ4n) is 0.706. The smallest absolute Gasteiger partial charge is 0.116 e. The molecule has 1 saturated heterocycles. The van der Waals surface area contributed by atoms with Gasteiger partial charge in [0.05, 0.1) is 12.4 Å². The molecule has 2 heteroatoms. The predicted molar refractivity (Wildman–Crippen MR) is 71.5 cm³/mol. The van der Waals surface area contributed by atoms with Gasteiger partial charge in [-0.2, -0.15) is 0 Å². The van der Waals surface area contributed by atoms with Crippen molar-refractivity contribution in [2.75, 3.05) is 13.2 Å². The largest absolute Gasteiger partial charge is 0.495 e. The van der Waals surface area contributed by atoms with Gasteiger partial charge in [-0.25, -0.2) is 0 Å². The first kappa shape index (κ1) is 17.4. The van der Waals surface area contributed by atoms with Gasteiger partial charge in [0.2, 0.25) is 0 Å². The van der Waals surface area contributed by atoms with Crippen LogP contribution < -0.4 is 0 Å². The first-order chi connectivity index (χ1) is 7.83. The van der Waals surface area contributed by atoms with Gasteiger partial charge in [0.15, 0.2) is 0 Å². The van der Waals surface area contributed by atoms with E-state index in [9.17, 15) is 0 Å². The molecule has 0 saturated carbocycles. The van der Waals surface area contributed by atoms with Gasteiger partial charge >= 0.3 is 0 Å². The molecule has 0 aromatic carbocycles. The van der Waals surface area contributed by atoms with Crippen molar-refractivity contribution in [2.24, 2.45) is 0 Å². The van der Waals surface area contributed by atoms with Gasteiger partial charge < -0.3 is 9.47 Å². The standard InChI is InChI=1S/C10H14O2.2C2H6/c1-3-4-5-6-9(2)11-7-10-8-12-10;2*1-2/h3-6,10H,1,7-8H2,2H3;2*1-2H3/b5-4-,9-6+;;. The van der Waals surface area contributed by atoms with E-state index in [1.165, 1.54) is 0 Å². The van der Waals surface area contributed by atoms with Crippen LogP contribution in [0.25, 0.3) is 0 Å². The zero-order valence-electron chi connectivity index (χ0n) is 11.3. The van der Waals surface area contributed by atoms with Gasteiger partial charge in [-0.3, -0.25) is 0 Å². The Hall–Kier alpha value is -1.02. The summed E-state index contributed by atoms with van der Waals surface area (Å²) in [4.78, 5) is 0. The minimum atomic E-state index is 0.330. The summed E-state index contributed by atoms with van der Waals surface area (Å²) in [7, 11) is 0. The van der Waals surface area contributed by atoms with Crippen molar-refractivity contribution in [2.45, 2.75) is 40.7 Å². The first-order valence-electron chi connectivity index (χ1n) is 6.03. The lowest BCUT2D eigenvalue weighted by molar-refractivity contribution is 0.185. The predicted octanol–water partition coefficient (Wildman–Crippen LogP) is 4.10. The van der Waals surface area contributed by atoms with Crippen molar-refractivity contribution in [3.63, 3.8) is 0 Å². The Kier molecular flexibility index (Phi) is 15.2. The number of ether oxygens (including phenoxy) is 2. The quantitative estimate of drug-likeness (QED) is 0.400. The Morgan fingerprint density at radius 3 is 2.31 bits per heavy atom. The highest BCUT2D eigenvalue weighted by Crippen LogP contribution is 2.10. The minimum absolute atomic E-state index is 0.330. The average Bonchev–Trinajstić information content (AvgIpc) is 3.16. The molecule has 1 unspecified atom stereocenters. The molecule has 16 heavy (non-hydrogen) atoms. The van der Waals surface area contributed by atoms with Gasteiger partial charge in [0.1, 0.15) is 12.7 Å². The normalized spacial score (nSPS) is 17.8. The molecule has 0 aromatic rings. The van der Waals surface area contributed by atoms with E-state index in [1.807, 2.05) is 52.8 Å². The first-order valence-corrected chi connectivity index (χ1v) is 6.03. The fourth-order valence-corrected chi connectivity index (χ4v) is 0.706. The van der Waals surface area contributed by atoms with Crippen LogP contribution in [0.3, 0.4) is 0 Å². The second-order valence-corrected chi connectivity index (χ2v) is 2.66. The Morgan fingerprint density at radius 2 is 1.88 bits per heavy atom. The van der Waals surface area contributed by atoms with E-state index in [-0.39, 0.29) is 0 Å². The lowest BCUT2D eigenvalue weighted by Crippen LogP contribution is -1.98. The molecular weight excluding hydrogens is 200 g/mol. The molecule has 1 aliphatic rings. The Balaban J connectivity index is 0. The van der Waals surface area contributed by atoms with Crippen LogP contribution in [-0.2, 0) is 9.47 Å². The average molecular weight is 226 g/mol. The molecular formula is C14H26O2. The molecule has 1 aliphatic heterocycles. The maximum absolute atomic E-state index is 5.36. The number of hydrogen-bond donors (Lipinski definition) is 0. The molecule has 1 rings (SSSR count). The molecule has 0 aliphatic carbocycles. The summed E-state index contributed by atoms with van der Waals surface area (Å²) in [5, 5.41) is 0. The van der Waals surface area contributed by atoms with Crippen molar-refractivity contribution in [1.29, 1.82) is 0 Å². The number of hydrogen-bond acceptors (Lipinski definition) is 2. The second kappa shape index (κ2) is 14.0. The molecule has 0 aromatic heterocycles. The summed E-state index contributed by atoms with van der Waals surface area (Å²) in [6.07, 6.45) is 7.73. The number of rotatable bonds is 5. The zero-order valence-corrected chi connectivity index (χ0v) is 11.3. The molecule has 0 N–H and O–H groups in total. The van der Waals surface area contributed by atoms with E-state index in [0.717, 1.165) is 12.4 Å². The Labute approximate surface area is 101 Å². The second-order valence-electron chi connectivity index (χ2n) is 2.66. The van der Waals surface area contributed by atoms with Gasteiger partial charge in [-0.05, 0) is 13.0 Å². The molecule has 1 atom stereocenters. The van der Waals surface area contributed by atoms with Gasteiger partial charge in [-0.1, -0.05) is 52.5 Å². The van der Waals surface area contributed by atoms with Gasteiger partial charge in [-0.15, -0.1) is 0 Å². The zero-order chi connectivity index (χ0) is 12.8. The fraction of sp³-hybridized carbons (Fsp3) is 0.571. The summed E-state index contributed by atoms with van der Waals surface area (Å²) >= 11 is 0. The lowest BCUT2D eigenvalue weighted by Gasteiger charge is -2.01. The third-order valence-corrected chi connectivity index (χ3v) is 1.48. The highest BCUT2D eigenvalue weighted by Gasteiger charge is 2.22. The van der Waals surface area contributed by atoms with Crippen molar-refractivity contribution in [1.82, 2.24) is 0 Å². The van der Waals surface area contributed by atoms with Crippen LogP contribution in [0.15, 0.2) is 36.6 Å². The van der Waals surface area contributed by atoms with Gasteiger partial charge in [0, 0.05) is 0 Å². The van der Waals surface area contributed by atoms with Crippen molar-refractivity contribution in [3.8, 4) is 0 Å². The third kappa shape index (κ3) is 13.0. The van der Waals surface area contributed by atoms with Crippen molar-refractivity contribution in [3.05, 3.63) is 36.6 Å². The molecule has 0 spiro atoms. The number of allylic oxidation sites excluding steroid dienone is 5. The molecule has 1 fully saturated rings. The number of epoxide rings is 1. The molecule has 0 amide bonds. The van der Waals surface area contributed by atoms with Crippen molar-refractivity contribution >= 4 is 0 Å². The maximum atomic E-state index is 5.36. The summed E-state index contributed by atoms with van der Waals surface area (Å²) < 4.78 is 10.4. The maximum Gasteiger partial charge on any atom is 0.116 e. The molecule has 2 nitrogen and oxygen atoms in total. The highest BCUT2D eigenvalue weighted by atomic mass is 16.6. The van der Waals surface area contributed by atoms with Crippen LogP contribution in [-0.4, -0.2) is 19.3 Å². The third-order valence-electron chi connectivity index (χ3n) is 1.48. The van der Waals surface area contributed by atoms with E-state index in [4.69, 9.17) is 9.47 Å². The summed E-state index contributed by atoms with van der Waals surface area (Å²) in [6, 6.07) is 0. The van der Waals surface area contributed by atoms with Crippen LogP contribution in [0.4, 0.5) is 0 Å². The SMILES string of the molecule is C=C/C=C\C=C(/C)OCC1CO1.CC.CC. The molecule has 0 radical (unpaired) electrons. The molecule has 94 valence electrons. The van der Waals surface area contributed by atoms with E-state index in [2.05, 4.69) is 6.58 Å². The minimum Gasteiger partial charge on any atom is -0.495 e. The lowest BCUT2D eigenvalue weighted by atomic mass is 10.4. The van der Waals surface area contributed by atoms with Crippen LogP contribution in [0.2, 0.25) is 0 Å². The van der Waals surface area contributed by atoms with Crippen molar-refractivity contribution < 1.29 is 9.47 Å². The Bertz CT molecular complexity index is 201. The molecule has 1 heterocycles. The highest BCUT2D eigenvalue weighted by molar-refractivity contribution is 5.11.